The van der Waals surface area contributed by atoms with E-state index in [9.17, 15) is 23.3 Å². The molecule has 0 saturated heterocycles. The lowest BCUT2D eigenvalue weighted by Gasteiger charge is -2.21. The molecule has 2 aromatic rings. The standard InChI is InChI=1S/C17H18N4O5S/c1-13(14-8-10-16(11-9-14)21(23)24)18-19-17(22)12-20(27(2,25)26)15-6-4-3-5-7-15/h3-11H,12H2,1-2H3,(H,19,22)/b18-13-. The molecule has 142 valence electrons. The molecular weight excluding hydrogens is 372 g/mol. The summed E-state index contributed by atoms with van der Waals surface area (Å²) >= 11 is 0. The molecule has 10 heteroatoms. The minimum absolute atomic E-state index is 0.0535. The summed E-state index contributed by atoms with van der Waals surface area (Å²) in [5.74, 6) is -0.620. The van der Waals surface area contributed by atoms with Crippen molar-refractivity contribution in [3.63, 3.8) is 0 Å². The topological polar surface area (TPSA) is 122 Å². The maximum Gasteiger partial charge on any atom is 0.269 e. The third-order valence-corrected chi connectivity index (χ3v) is 4.72. The molecule has 2 rings (SSSR count). The molecule has 9 nitrogen and oxygen atoms in total. The summed E-state index contributed by atoms with van der Waals surface area (Å²) < 4.78 is 24.9. The summed E-state index contributed by atoms with van der Waals surface area (Å²) in [5.41, 5.74) is 3.62. The zero-order valence-corrected chi connectivity index (χ0v) is 15.5. The van der Waals surface area contributed by atoms with Crippen molar-refractivity contribution in [1.29, 1.82) is 0 Å². The lowest BCUT2D eigenvalue weighted by atomic mass is 10.1. The zero-order valence-electron chi connectivity index (χ0n) is 14.7. The van der Waals surface area contributed by atoms with E-state index in [1.165, 1.54) is 24.3 Å². The third kappa shape index (κ3) is 5.61. The van der Waals surface area contributed by atoms with Crippen LogP contribution in [-0.2, 0) is 14.8 Å². The van der Waals surface area contributed by atoms with Crippen LogP contribution in [-0.4, -0.2) is 37.8 Å². The fourth-order valence-corrected chi connectivity index (χ4v) is 3.05. The van der Waals surface area contributed by atoms with Crippen molar-refractivity contribution >= 4 is 33.0 Å². The van der Waals surface area contributed by atoms with E-state index in [0.29, 0.717) is 17.0 Å². The average Bonchev–Trinajstić information content (AvgIpc) is 2.64. The molecular formula is C17H18N4O5S. The molecule has 2 aromatic carbocycles. The number of carbonyl (C=O) groups is 1. The Balaban J connectivity index is 2.09. The van der Waals surface area contributed by atoms with Gasteiger partial charge in [-0.25, -0.2) is 13.8 Å². The number of para-hydroxylation sites is 1. The highest BCUT2D eigenvalue weighted by atomic mass is 32.2. The molecule has 0 aliphatic rings. The van der Waals surface area contributed by atoms with Gasteiger partial charge in [0.05, 0.1) is 22.6 Å². The second kappa shape index (κ2) is 8.41. The predicted molar refractivity (Wildman–Crippen MR) is 102 cm³/mol. The Kier molecular flexibility index (Phi) is 6.24. The number of amides is 1. The first kappa shape index (κ1) is 20.0. The molecule has 0 radical (unpaired) electrons. The van der Waals surface area contributed by atoms with Gasteiger partial charge in [0.2, 0.25) is 10.0 Å². The predicted octanol–water partition coefficient (Wildman–Crippen LogP) is 1.90. The van der Waals surface area contributed by atoms with Gasteiger partial charge >= 0.3 is 0 Å². The number of non-ortho nitro benzene ring substituents is 1. The molecule has 0 bridgehead atoms. The maximum absolute atomic E-state index is 12.1. The van der Waals surface area contributed by atoms with Crippen LogP contribution in [0, 0.1) is 10.1 Å². The second-order valence-electron chi connectivity index (χ2n) is 5.64. The number of carbonyl (C=O) groups excluding carboxylic acids is 1. The molecule has 0 aliphatic heterocycles. The van der Waals surface area contributed by atoms with Gasteiger partial charge in [0.1, 0.15) is 6.54 Å². The summed E-state index contributed by atoms with van der Waals surface area (Å²) in [6, 6.07) is 13.9. The van der Waals surface area contributed by atoms with Crippen molar-refractivity contribution in [2.45, 2.75) is 6.92 Å². The normalized spacial score (nSPS) is 11.7. The molecule has 0 aliphatic carbocycles. The highest BCUT2D eigenvalue weighted by Gasteiger charge is 2.20. The van der Waals surface area contributed by atoms with Crippen LogP contribution < -0.4 is 9.73 Å². The summed E-state index contributed by atoms with van der Waals surface area (Å²) in [6.07, 6.45) is 1.01. The van der Waals surface area contributed by atoms with Crippen LogP contribution in [0.3, 0.4) is 0 Å². The van der Waals surface area contributed by atoms with Gasteiger partial charge in [-0.1, -0.05) is 18.2 Å². The Hall–Kier alpha value is -3.27. The largest absolute Gasteiger partial charge is 0.271 e. The summed E-state index contributed by atoms with van der Waals surface area (Å²) in [4.78, 5) is 22.3. The average molecular weight is 390 g/mol. The van der Waals surface area contributed by atoms with E-state index in [-0.39, 0.29) is 5.69 Å². The van der Waals surface area contributed by atoms with Gasteiger partial charge in [0.15, 0.2) is 0 Å². The van der Waals surface area contributed by atoms with Crippen molar-refractivity contribution in [1.82, 2.24) is 5.43 Å². The molecule has 0 fully saturated rings. The Labute approximate surface area is 156 Å². The molecule has 0 aromatic heterocycles. The number of hydrazone groups is 1. The van der Waals surface area contributed by atoms with E-state index in [1.807, 2.05) is 0 Å². The number of hydrogen-bond donors (Lipinski definition) is 1. The van der Waals surface area contributed by atoms with Crippen molar-refractivity contribution in [3.8, 4) is 0 Å². The lowest BCUT2D eigenvalue weighted by Crippen LogP contribution is -2.39. The van der Waals surface area contributed by atoms with Gasteiger partial charge in [0.25, 0.3) is 11.6 Å². The number of hydrogen-bond acceptors (Lipinski definition) is 6. The molecule has 27 heavy (non-hydrogen) atoms. The molecule has 0 spiro atoms. The van der Waals surface area contributed by atoms with Gasteiger partial charge in [-0.2, -0.15) is 5.10 Å². The fourth-order valence-electron chi connectivity index (χ4n) is 2.20. The van der Waals surface area contributed by atoms with E-state index in [4.69, 9.17) is 0 Å². The first-order chi connectivity index (χ1) is 12.7. The smallest absolute Gasteiger partial charge is 0.269 e. The summed E-state index contributed by atoms with van der Waals surface area (Å²) in [5, 5.41) is 14.6. The molecule has 0 saturated carbocycles. The maximum atomic E-state index is 12.1. The quantitative estimate of drug-likeness (QED) is 0.439. The van der Waals surface area contributed by atoms with Crippen LogP contribution >= 0.6 is 0 Å². The Morgan fingerprint density at radius 1 is 1.15 bits per heavy atom. The number of nitro benzene ring substituents is 1. The summed E-state index contributed by atoms with van der Waals surface area (Å²) in [6.45, 7) is 1.19. The van der Waals surface area contributed by atoms with E-state index < -0.39 is 27.4 Å². The third-order valence-electron chi connectivity index (χ3n) is 3.58. The van der Waals surface area contributed by atoms with Gasteiger partial charge in [0, 0.05) is 12.1 Å². The Morgan fingerprint density at radius 3 is 2.26 bits per heavy atom. The number of nitrogens with one attached hydrogen (secondary N) is 1. The number of sulfonamides is 1. The van der Waals surface area contributed by atoms with E-state index in [0.717, 1.165) is 10.6 Å². The van der Waals surface area contributed by atoms with Gasteiger partial charge in [-0.3, -0.25) is 19.2 Å². The van der Waals surface area contributed by atoms with Crippen molar-refractivity contribution in [2.75, 3.05) is 17.1 Å². The van der Waals surface area contributed by atoms with Crippen molar-refractivity contribution in [3.05, 3.63) is 70.3 Å². The molecule has 1 N–H and O–H groups in total. The SMILES string of the molecule is C/C(=N/NC(=O)CN(c1ccccc1)S(C)(=O)=O)c1ccc([N+](=O)[O-])cc1. The molecule has 0 heterocycles. The summed E-state index contributed by atoms with van der Waals surface area (Å²) in [7, 11) is -3.66. The van der Waals surface area contributed by atoms with Crippen molar-refractivity contribution < 1.29 is 18.1 Å². The lowest BCUT2D eigenvalue weighted by molar-refractivity contribution is -0.384. The highest BCUT2D eigenvalue weighted by molar-refractivity contribution is 7.92. The van der Waals surface area contributed by atoms with E-state index in [1.54, 1.807) is 37.3 Å². The van der Waals surface area contributed by atoms with E-state index >= 15 is 0 Å². The minimum atomic E-state index is -3.66. The number of nitro groups is 1. The highest BCUT2D eigenvalue weighted by Crippen LogP contribution is 2.16. The van der Waals surface area contributed by atoms with Crippen LogP contribution in [0.5, 0.6) is 0 Å². The van der Waals surface area contributed by atoms with Crippen LogP contribution in [0.2, 0.25) is 0 Å². The van der Waals surface area contributed by atoms with Crippen LogP contribution in [0.4, 0.5) is 11.4 Å². The van der Waals surface area contributed by atoms with Crippen molar-refractivity contribution in [2.24, 2.45) is 5.10 Å². The number of benzene rings is 2. The Morgan fingerprint density at radius 2 is 1.74 bits per heavy atom. The van der Waals surface area contributed by atoms with Gasteiger partial charge in [-0.15, -0.1) is 0 Å². The van der Waals surface area contributed by atoms with Crippen LogP contribution in [0.15, 0.2) is 59.7 Å². The second-order valence-corrected chi connectivity index (χ2v) is 7.55. The fraction of sp³-hybridized carbons (Fsp3) is 0.176. The van der Waals surface area contributed by atoms with Crippen LogP contribution in [0.25, 0.3) is 0 Å². The monoisotopic (exact) mass is 390 g/mol. The first-order valence-electron chi connectivity index (χ1n) is 7.79. The molecule has 0 unspecified atom stereocenters. The van der Waals surface area contributed by atoms with Crippen LogP contribution in [0.1, 0.15) is 12.5 Å². The molecule has 1 amide bonds. The van der Waals surface area contributed by atoms with Gasteiger partial charge < -0.3 is 0 Å². The van der Waals surface area contributed by atoms with Gasteiger partial charge in [-0.05, 0) is 36.8 Å². The number of anilines is 1. The Bertz CT molecular complexity index is 957. The number of rotatable bonds is 7. The number of nitrogens with zero attached hydrogens (tertiary/aromatic N) is 3. The first-order valence-corrected chi connectivity index (χ1v) is 9.64. The minimum Gasteiger partial charge on any atom is -0.271 e. The molecule has 0 atom stereocenters. The van der Waals surface area contributed by atoms with E-state index in [2.05, 4.69) is 10.5 Å². The zero-order chi connectivity index (χ0) is 20.0.